The maximum atomic E-state index is 11.7. The SMILES string of the molecule is Cc1cn([C@@H]2O[C@@H]3CO[C@@H](O)[C@@H]3[C@@H]2O)c(=O)[nH]c1=O. The third kappa shape index (κ3) is 1.84. The van der Waals surface area contributed by atoms with Crippen LogP contribution in [0, 0.1) is 12.8 Å². The highest BCUT2D eigenvalue weighted by molar-refractivity contribution is 5.03. The van der Waals surface area contributed by atoms with Gasteiger partial charge in [-0.1, -0.05) is 0 Å². The molecule has 0 amide bonds. The Balaban J connectivity index is 1.99. The average Bonchev–Trinajstić information content (AvgIpc) is 2.86. The topological polar surface area (TPSA) is 114 Å². The molecule has 2 aliphatic heterocycles. The molecule has 0 spiro atoms. The van der Waals surface area contributed by atoms with E-state index < -0.39 is 41.9 Å². The highest BCUT2D eigenvalue weighted by Gasteiger charge is 2.52. The molecular weight excluding hydrogens is 256 g/mol. The van der Waals surface area contributed by atoms with Crippen molar-refractivity contribution in [2.75, 3.05) is 6.61 Å². The van der Waals surface area contributed by atoms with E-state index in [0.29, 0.717) is 5.56 Å². The fourth-order valence-electron chi connectivity index (χ4n) is 2.57. The molecule has 0 aromatic carbocycles. The first kappa shape index (κ1) is 12.5. The second kappa shape index (κ2) is 4.27. The van der Waals surface area contributed by atoms with Gasteiger partial charge in [0, 0.05) is 11.8 Å². The van der Waals surface area contributed by atoms with Crippen LogP contribution in [0.5, 0.6) is 0 Å². The van der Waals surface area contributed by atoms with Crippen LogP contribution in [-0.2, 0) is 9.47 Å². The van der Waals surface area contributed by atoms with Crippen molar-refractivity contribution in [3.05, 3.63) is 32.6 Å². The molecule has 5 atom stereocenters. The lowest BCUT2D eigenvalue weighted by Crippen LogP contribution is -2.38. The molecule has 8 heteroatoms. The van der Waals surface area contributed by atoms with Crippen LogP contribution in [0.3, 0.4) is 0 Å². The first-order chi connectivity index (χ1) is 8.99. The fourth-order valence-corrected chi connectivity index (χ4v) is 2.57. The maximum Gasteiger partial charge on any atom is 0.330 e. The maximum absolute atomic E-state index is 11.7. The third-order valence-electron chi connectivity index (χ3n) is 3.61. The largest absolute Gasteiger partial charge is 0.388 e. The number of hydrogen-bond donors (Lipinski definition) is 3. The summed E-state index contributed by atoms with van der Waals surface area (Å²) in [6, 6.07) is 0. The summed E-state index contributed by atoms with van der Waals surface area (Å²) in [6.07, 6.45) is -2.25. The Bertz CT molecular complexity index is 608. The van der Waals surface area contributed by atoms with E-state index in [4.69, 9.17) is 9.47 Å². The summed E-state index contributed by atoms with van der Waals surface area (Å²) in [7, 11) is 0. The van der Waals surface area contributed by atoms with E-state index in [1.54, 1.807) is 6.92 Å². The van der Waals surface area contributed by atoms with Crippen LogP contribution in [-0.4, -0.2) is 44.9 Å². The molecule has 0 bridgehead atoms. The standard InChI is InChI=1S/C11H14N2O6/c1-4-2-13(11(17)12-8(4)15)9-7(14)6-5(19-9)3-18-10(6)16/h2,5-7,9-10,14,16H,3H2,1H3,(H,12,15,17)/t5-,6+,7+,9-,10-/m1/s1. The lowest BCUT2D eigenvalue weighted by atomic mass is 10.00. The van der Waals surface area contributed by atoms with Crippen LogP contribution in [0.2, 0.25) is 0 Å². The summed E-state index contributed by atoms with van der Waals surface area (Å²) in [5.41, 5.74) is -0.795. The normalized spacial score (nSPS) is 37.5. The van der Waals surface area contributed by atoms with E-state index in [1.807, 2.05) is 0 Å². The third-order valence-corrected chi connectivity index (χ3v) is 3.61. The van der Waals surface area contributed by atoms with Crippen molar-refractivity contribution in [3.8, 4) is 0 Å². The highest BCUT2D eigenvalue weighted by atomic mass is 16.6. The molecular formula is C11H14N2O6. The van der Waals surface area contributed by atoms with Crippen molar-refractivity contribution in [1.29, 1.82) is 0 Å². The Kier molecular flexibility index (Phi) is 2.82. The minimum Gasteiger partial charge on any atom is -0.388 e. The van der Waals surface area contributed by atoms with Crippen LogP contribution < -0.4 is 11.2 Å². The first-order valence-corrected chi connectivity index (χ1v) is 5.94. The number of hydrogen-bond acceptors (Lipinski definition) is 6. The van der Waals surface area contributed by atoms with E-state index in [9.17, 15) is 19.8 Å². The van der Waals surface area contributed by atoms with Gasteiger partial charge in [-0.25, -0.2) is 4.79 Å². The Labute approximate surface area is 107 Å². The minimum absolute atomic E-state index is 0.163. The van der Waals surface area contributed by atoms with Gasteiger partial charge in [0.15, 0.2) is 12.5 Å². The number of aromatic amines is 1. The number of rotatable bonds is 1. The predicted molar refractivity (Wildman–Crippen MR) is 61.4 cm³/mol. The van der Waals surface area contributed by atoms with Gasteiger partial charge >= 0.3 is 5.69 Å². The van der Waals surface area contributed by atoms with E-state index in [1.165, 1.54) is 6.20 Å². The van der Waals surface area contributed by atoms with E-state index >= 15 is 0 Å². The van der Waals surface area contributed by atoms with E-state index in [-0.39, 0.29) is 6.61 Å². The molecule has 104 valence electrons. The first-order valence-electron chi connectivity index (χ1n) is 5.94. The van der Waals surface area contributed by atoms with Crippen molar-refractivity contribution >= 4 is 0 Å². The van der Waals surface area contributed by atoms with Crippen molar-refractivity contribution in [2.45, 2.75) is 31.6 Å². The lowest BCUT2D eigenvalue weighted by molar-refractivity contribution is -0.126. The van der Waals surface area contributed by atoms with Gasteiger partial charge in [-0.2, -0.15) is 0 Å². The fraction of sp³-hybridized carbons (Fsp3) is 0.636. The van der Waals surface area contributed by atoms with Crippen LogP contribution in [0.25, 0.3) is 0 Å². The summed E-state index contributed by atoms with van der Waals surface area (Å²) in [6.45, 7) is 1.71. The van der Waals surface area contributed by atoms with Crippen molar-refractivity contribution < 1.29 is 19.7 Å². The summed E-state index contributed by atoms with van der Waals surface area (Å²) in [5, 5.41) is 19.7. The van der Waals surface area contributed by atoms with Gasteiger partial charge in [0.25, 0.3) is 5.56 Å². The number of fused-ring (bicyclic) bond motifs is 1. The van der Waals surface area contributed by atoms with Crippen molar-refractivity contribution in [1.82, 2.24) is 9.55 Å². The quantitative estimate of drug-likeness (QED) is 0.547. The molecule has 2 aliphatic rings. The Morgan fingerprint density at radius 2 is 2.16 bits per heavy atom. The number of H-pyrrole nitrogens is 1. The highest BCUT2D eigenvalue weighted by Crippen LogP contribution is 2.39. The number of nitrogens with one attached hydrogen (secondary N) is 1. The zero-order valence-corrected chi connectivity index (χ0v) is 10.1. The number of aromatic nitrogens is 2. The zero-order valence-electron chi connectivity index (χ0n) is 10.1. The molecule has 1 aromatic rings. The number of ether oxygens (including phenoxy) is 2. The second-order valence-electron chi connectivity index (χ2n) is 4.84. The van der Waals surface area contributed by atoms with Crippen molar-refractivity contribution in [3.63, 3.8) is 0 Å². The van der Waals surface area contributed by atoms with E-state index in [0.717, 1.165) is 4.57 Å². The number of aliphatic hydroxyl groups is 2. The smallest absolute Gasteiger partial charge is 0.330 e. The molecule has 0 unspecified atom stereocenters. The molecule has 2 fully saturated rings. The molecule has 2 saturated heterocycles. The summed E-state index contributed by atoms with van der Waals surface area (Å²) >= 11 is 0. The van der Waals surface area contributed by atoms with Gasteiger partial charge < -0.3 is 19.7 Å². The van der Waals surface area contributed by atoms with Gasteiger partial charge in [-0.15, -0.1) is 0 Å². The van der Waals surface area contributed by atoms with Gasteiger partial charge in [0.2, 0.25) is 0 Å². The Morgan fingerprint density at radius 3 is 2.84 bits per heavy atom. The molecule has 3 N–H and O–H groups in total. The summed E-state index contributed by atoms with van der Waals surface area (Å²) < 4.78 is 11.6. The molecule has 1 aromatic heterocycles. The summed E-state index contributed by atoms with van der Waals surface area (Å²) in [4.78, 5) is 25.2. The van der Waals surface area contributed by atoms with Crippen LogP contribution in [0.4, 0.5) is 0 Å². The molecule has 3 rings (SSSR count). The monoisotopic (exact) mass is 270 g/mol. The molecule has 0 radical (unpaired) electrons. The number of nitrogens with zero attached hydrogens (tertiary/aromatic N) is 1. The Hall–Kier alpha value is -1.48. The summed E-state index contributed by atoms with van der Waals surface area (Å²) in [5.74, 6) is -0.593. The zero-order chi connectivity index (χ0) is 13.7. The number of aliphatic hydroxyl groups excluding tert-OH is 2. The lowest BCUT2D eigenvalue weighted by Gasteiger charge is -2.20. The Morgan fingerprint density at radius 1 is 1.42 bits per heavy atom. The molecule has 19 heavy (non-hydrogen) atoms. The van der Waals surface area contributed by atoms with Crippen LogP contribution >= 0.6 is 0 Å². The molecule has 0 saturated carbocycles. The molecule has 8 nitrogen and oxygen atoms in total. The second-order valence-corrected chi connectivity index (χ2v) is 4.84. The minimum atomic E-state index is -1.11. The van der Waals surface area contributed by atoms with Crippen LogP contribution in [0.1, 0.15) is 11.8 Å². The van der Waals surface area contributed by atoms with Gasteiger partial charge in [-0.3, -0.25) is 14.3 Å². The van der Waals surface area contributed by atoms with Crippen LogP contribution in [0.15, 0.2) is 15.8 Å². The van der Waals surface area contributed by atoms with Gasteiger partial charge in [0.05, 0.1) is 18.6 Å². The van der Waals surface area contributed by atoms with E-state index in [2.05, 4.69) is 4.98 Å². The van der Waals surface area contributed by atoms with Gasteiger partial charge in [-0.05, 0) is 6.92 Å². The molecule has 3 heterocycles. The number of aryl methyl sites for hydroxylation is 1. The molecule has 0 aliphatic carbocycles. The van der Waals surface area contributed by atoms with Crippen molar-refractivity contribution in [2.24, 2.45) is 5.92 Å². The average molecular weight is 270 g/mol. The predicted octanol–water partition coefficient (Wildman–Crippen LogP) is -1.93. The van der Waals surface area contributed by atoms with Gasteiger partial charge in [0.1, 0.15) is 6.10 Å².